The molecule has 0 unspecified atom stereocenters. The summed E-state index contributed by atoms with van der Waals surface area (Å²) in [6.45, 7) is -3.29. The van der Waals surface area contributed by atoms with Crippen LogP contribution in [-0.4, -0.2) is 19.1 Å². The monoisotopic (exact) mass is 359 g/mol. The standard InChI is InChI=1S/C16H13ClF3NO3/c17-12-7-11(5-6-13(12)18)23-9-15(22)21-8-10-3-1-2-4-14(10)24-16(19)20/h1-7,16H,8-9H2,(H,21,22). The van der Waals surface area contributed by atoms with E-state index in [9.17, 15) is 18.0 Å². The molecule has 2 rings (SSSR count). The Morgan fingerprint density at radius 3 is 2.67 bits per heavy atom. The molecule has 0 aliphatic carbocycles. The van der Waals surface area contributed by atoms with Crippen LogP contribution < -0.4 is 14.8 Å². The van der Waals surface area contributed by atoms with Gasteiger partial charge in [-0.05, 0) is 18.2 Å². The molecule has 0 heterocycles. The molecule has 1 N–H and O–H groups in total. The van der Waals surface area contributed by atoms with Crippen molar-refractivity contribution in [2.24, 2.45) is 0 Å². The topological polar surface area (TPSA) is 47.6 Å². The summed E-state index contributed by atoms with van der Waals surface area (Å²) in [7, 11) is 0. The lowest BCUT2D eigenvalue weighted by atomic mass is 10.2. The van der Waals surface area contributed by atoms with E-state index in [1.807, 2.05) is 0 Å². The predicted molar refractivity (Wildman–Crippen MR) is 81.8 cm³/mol. The van der Waals surface area contributed by atoms with Gasteiger partial charge in [0.15, 0.2) is 6.61 Å². The minimum absolute atomic E-state index is 0.00470. The van der Waals surface area contributed by atoms with Crippen LogP contribution in [0.25, 0.3) is 0 Å². The molecule has 0 aliphatic heterocycles. The molecule has 0 fully saturated rings. The lowest BCUT2D eigenvalue weighted by molar-refractivity contribution is -0.123. The molecule has 1 amide bonds. The highest BCUT2D eigenvalue weighted by Crippen LogP contribution is 2.21. The Labute approximate surface area is 141 Å². The van der Waals surface area contributed by atoms with E-state index in [-0.39, 0.29) is 29.7 Å². The summed E-state index contributed by atoms with van der Waals surface area (Å²) in [6.07, 6.45) is 0. The predicted octanol–water partition coefficient (Wildman–Crippen LogP) is 3.78. The highest BCUT2D eigenvalue weighted by molar-refractivity contribution is 6.30. The third-order valence-corrected chi connectivity index (χ3v) is 3.22. The lowest BCUT2D eigenvalue weighted by Gasteiger charge is -2.12. The average Bonchev–Trinajstić information content (AvgIpc) is 2.54. The third-order valence-electron chi connectivity index (χ3n) is 2.93. The SMILES string of the molecule is O=C(COc1ccc(F)c(Cl)c1)NCc1ccccc1OC(F)F. The largest absolute Gasteiger partial charge is 0.484 e. The van der Waals surface area contributed by atoms with Crippen molar-refractivity contribution in [3.8, 4) is 11.5 Å². The summed E-state index contributed by atoms with van der Waals surface area (Å²) in [5.74, 6) is -0.858. The van der Waals surface area contributed by atoms with Gasteiger partial charge in [0.25, 0.3) is 5.91 Å². The van der Waals surface area contributed by atoms with Crippen LogP contribution in [0.4, 0.5) is 13.2 Å². The number of halogens is 4. The van der Waals surface area contributed by atoms with E-state index in [4.69, 9.17) is 16.3 Å². The van der Waals surface area contributed by atoms with Crippen LogP contribution in [-0.2, 0) is 11.3 Å². The maximum atomic E-state index is 13.0. The Hall–Kier alpha value is -2.41. The number of benzene rings is 2. The number of rotatable bonds is 7. The van der Waals surface area contributed by atoms with Gasteiger partial charge in [0.05, 0.1) is 5.02 Å². The van der Waals surface area contributed by atoms with Crippen molar-refractivity contribution in [3.63, 3.8) is 0 Å². The molecule has 4 nitrogen and oxygen atoms in total. The molecule has 24 heavy (non-hydrogen) atoms. The second-order valence-corrected chi connectivity index (χ2v) is 5.03. The molecule has 2 aromatic rings. The fourth-order valence-electron chi connectivity index (χ4n) is 1.82. The summed E-state index contributed by atoms with van der Waals surface area (Å²) in [6, 6.07) is 9.81. The van der Waals surface area contributed by atoms with Gasteiger partial charge >= 0.3 is 6.61 Å². The molecule has 0 radical (unpaired) electrons. The molecule has 8 heteroatoms. The van der Waals surface area contributed by atoms with Crippen LogP contribution >= 0.6 is 11.6 Å². The number of ether oxygens (including phenoxy) is 2. The number of carbonyl (C=O) groups excluding carboxylic acids is 1. The fraction of sp³-hybridized carbons (Fsp3) is 0.188. The smallest absolute Gasteiger partial charge is 0.387 e. The molecule has 0 bridgehead atoms. The van der Waals surface area contributed by atoms with Crippen molar-refractivity contribution in [2.45, 2.75) is 13.2 Å². The Morgan fingerprint density at radius 1 is 1.21 bits per heavy atom. The number of amides is 1. The summed E-state index contributed by atoms with van der Waals surface area (Å²) >= 11 is 5.60. The summed E-state index contributed by atoms with van der Waals surface area (Å²) < 4.78 is 47.1. The minimum atomic E-state index is -2.95. The van der Waals surface area contributed by atoms with E-state index in [0.29, 0.717) is 5.56 Å². The second-order valence-electron chi connectivity index (χ2n) is 4.63. The van der Waals surface area contributed by atoms with Gasteiger partial charge in [-0.2, -0.15) is 8.78 Å². The van der Waals surface area contributed by atoms with E-state index < -0.39 is 18.3 Å². The number of carbonyl (C=O) groups is 1. The first kappa shape index (κ1) is 17.9. The van der Waals surface area contributed by atoms with E-state index in [2.05, 4.69) is 10.1 Å². The van der Waals surface area contributed by atoms with Crippen molar-refractivity contribution in [1.82, 2.24) is 5.32 Å². The highest BCUT2D eigenvalue weighted by Gasteiger charge is 2.10. The van der Waals surface area contributed by atoms with Gasteiger partial charge < -0.3 is 14.8 Å². The van der Waals surface area contributed by atoms with Gasteiger partial charge in [0.2, 0.25) is 0 Å². The number of hydrogen-bond acceptors (Lipinski definition) is 3. The van der Waals surface area contributed by atoms with Crippen molar-refractivity contribution < 1.29 is 27.4 Å². The van der Waals surface area contributed by atoms with Gasteiger partial charge in [-0.3, -0.25) is 4.79 Å². The Kier molecular flexibility index (Phi) is 6.31. The molecule has 0 spiro atoms. The summed E-state index contributed by atoms with van der Waals surface area (Å²) in [4.78, 5) is 11.7. The molecular weight excluding hydrogens is 347 g/mol. The molecule has 0 saturated carbocycles. The normalized spacial score (nSPS) is 10.5. The first-order chi connectivity index (χ1) is 11.5. The zero-order chi connectivity index (χ0) is 17.5. The Morgan fingerprint density at radius 2 is 1.96 bits per heavy atom. The van der Waals surface area contributed by atoms with Crippen LogP contribution in [0, 0.1) is 5.82 Å². The van der Waals surface area contributed by atoms with E-state index in [1.165, 1.54) is 18.2 Å². The summed E-state index contributed by atoms with van der Waals surface area (Å²) in [5.41, 5.74) is 0.399. The minimum Gasteiger partial charge on any atom is -0.484 e. The maximum absolute atomic E-state index is 13.0. The van der Waals surface area contributed by atoms with Gasteiger partial charge in [0.1, 0.15) is 17.3 Å². The Balaban J connectivity index is 1.86. The molecule has 0 aromatic heterocycles. The lowest BCUT2D eigenvalue weighted by Crippen LogP contribution is -2.28. The van der Waals surface area contributed by atoms with Crippen LogP contribution in [0.3, 0.4) is 0 Å². The molecule has 0 aliphatic rings. The average molecular weight is 360 g/mol. The molecular formula is C16H13ClF3NO3. The second kappa shape index (κ2) is 8.44. The van der Waals surface area contributed by atoms with Crippen LogP contribution in [0.15, 0.2) is 42.5 Å². The zero-order valence-electron chi connectivity index (χ0n) is 12.3. The number of para-hydroxylation sites is 1. The number of nitrogens with one attached hydrogen (secondary N) is 1. The molecule has 0 saturated heterocycles. The quantitative estimate of drug-likeness (QED) is 0.818. The van der Waals surface area contributed by atoms with Crippen molar-refractivity contribution in [2.75, 3.05) is 6.61 Å². The van der Waals surface area contributed by atoms with Crippen LogP contribution in [0.1, 0.15) is 5.56 Å². The summed E-state index contributed by atoms with van der Waals surface area (Å²) in [5, 5.41) is 2.39. The number of alkyl halides is 2. The molecule has 128 valence electrons. The highest BCUT2D eigenvalue weighted by atomic mass is 35.5. The molecule has 0 atom stereocenters. The van der Waals surface area contributed by atoms with Crippen LogP contribution in [0.2, 0.25) is 5.02 Å². The van der Waals surface area contributed by atoms with Crippen molar-refractivity contribution >= 4 is 17.5 Å². The van der Waals surface area contributed by atoms with E-state index in [1.54, 1.807) is 18.2 Å². The van der Waals surface area contributed by atoms with E-state index in [0.717, 1.165) is 6.07 Å². The van der Waals surface area contributed by atoms with Crippen molar-refractivity contribution in [1.29, 1.82) is 0 Å². The van der Waals surface area contributed by atoms with Gasteiger partial charge in [-0.15, -0.1) is 0 Å². The third kappa shape index (κ3) is 5.34. The number of hydrogen-bond donors (Lipinski definition) is 1. The fourth-order valence-corrected chi connectivity index (χ4v) is 1.99. The zero-order valence-corrected chi connectivity index (χ0v) is 13.0. The first-order valence-electron chi connectivity index (χ1n) is 6.83. The Bertz CT molecular complexity index is 713. The van der Waals surface area contributed by atoms with Crippen LogP contribution in [0.5, 0.6) is 11.5 Å². The van der Waals surface area contributed by atoms with E-state index >= 15 is 0 Å². The van der Waals surface area contributed by atoms with Gasteiger partial charge in [-0.1, -0.05) is 29.8 Å². The van der Waals surface area contributed by atoms with Crippen molar-refractivity contribution in [3.05, 3.63) is 58.9 Å². The maximum Gasteiger partial charge on any atom is 0.387 e. The molecule has 2 aromatic carbocycles. The first-order valence-corrected chi connectivity index (χ1v) is 7.21. The van der Waals surface area contributed by atoms with Gasteiger partial charge in [0, 0.05) is 18.2 Å². The van der Waals surface area contributed by atoms with Gasteiger partial charge in [-0.25, -0.2) is 4.39 Å².